The van der Waals surface area contributed by atoms with E-state index in [0.717, 1.165) is 0 Å². The van der Waals surface area contributed by atoms with E-state index in [9.17, 15) is 15.0 Å². The highest BCUT2D eigenvalue weighted by Crippen LogP contribution is 2.28. The van der Waals surface area contributed by atoms with Crippen LogP contribution < -0.4 is 4.74 Å². The fourth-order valence-electron chi connectivity index (χ4n) is 1.61. The van der Waals surface area contributed by atoms with E-state index >= 15 is 0 Å². The number of carbonyl (C=O) groups excluding carboxylic acids is 1. The van der Waals surface area contributed by atoms with Gasteiger partial charge in [0.1, 0.15) is 17.9 Å². The Morgan fingerprint density at radius 3 is 2.68 bits per heavy atom. The molecule has 2 atom stereocenters. The summed E-state index contributed by atoms with van der Waals surface area (Å²) in [4.78, 5) is 11.4. The van der Waals surface area contributed by atoms with Gasteiger partial charge in [0.15, 0.2) is 6.10 Å². The van der Waals surface area contributed by atoms with Gasteiger partial charge in [-0.05, 0) is 13.0 Å². The van der Waals surface area contributed by atoms with Gasteiger partial charge in [-0.3, -0.25) is 0 Å². The van der Waals surface area contributed by atoms with Crippen molar-refractivity contribution >= 4 is 5.97 Å². The van der Waals surface area contributed by atoms with Crippen molar-refractivity contribution < 1.29 is 24.5 Å². The van der Waals surface area contributed by atoms with Crippen LogP contribution in [0.5, 0.6) is 5.75 Å². The molecule has 0 radical (unpaired) electrons. The molecular formula is C13H15NO5. The molecule has 0 aromatic heterocycles. The molecule has 0 fully saturated rings. The van der Waals surface area contributed by atoms with E-state index in [1.165, 1.54) is 13.2 Å². The Kier molecular flexibility index (Phi) is 5.30. The van der Waals surface area contributed by atoms with Gasteiger partial charge in [-0.25, -0.2) is 4.79 Å². The molecule has 2 unspecified atom stereocenters. The topological polar surface area (TPSA) is 99.8 Å². The summed E-state index contributed by atoms with van der Waals surface area (Å²) in [7, 11) is 1.38. The zero-order valence-electron chi connectivity index (χ0n) is 10.7. The van der Waals surface area contributed by atoms with Gasteiger partial charge in [-0.15, -0.1) is 0 Å². The lowest BCUT2D eigenvalue weighted by Gasteiger charge is -2.18. The first-order chi connectivity index (χ1) is 9.06. The van der Waals surface area contributed by atoms with E-state index in [2.05, 4.69) is 4.74 Å². The summed E-state index contributed by atoms with van der Waals surface area (Å²) < 4.78 is 9.60. The number of rotatable bonds is 5. The summed E-state index contributed by atoms with van der Waals surface area (Å²) in [5.74, 6) is -0.684. The van der Waals surface area contributed by atoms with Crippen LogP contribution in [0.2, 0.25) is 0 Å². The Morgan fingerprint density at radius 1 is 1.47 bits per heavy atom. The van der Waals surface area contributed by atoms with Gasteiger partial charge in [0, 0.05) is 5.56 Å². The number of carbonyl (C=O) groups is 1. The van der Waals surface area contributed by atoms with Crippen molar-refractivity contribution in [3.63, 3.8) is 0 Å². The zero-order chi connectivity index (χ0) is 14.4. The molecule has 1 aromatic rings. The van der Waals surface area contributed by atoms with Gasteiger partial charge in [-0.2, -0.15) is 5.26 Å². The second-order valence-electron chi connectivity index (χ2n) is 3.68. The summed E-state index contributed by atoms with van der Waals surface area (Å²) in [6.45, 7) is 1.68. The fraction of sp³-hybridized carbons (Fsp3) is 0.385. The number of nitriles is 1. The van der Waals surface area contributed by atoms with E-state index in [-0.39, 0.29) is 23.5 Å². The van der Waals surface area contributed by atoms with E-state index in [0.29, 0.717) is 0 Å². The summed E-state index contributed by atoms with van der Waals surface area (Å²) in [5, 5.41) is 28.7. The number of aliphatic hydroxyl groups is 2. The quantitative estimate of drug-likeness (QED) is 0.753. The van der Waals surface area contributed by atoms with Gasteiger partial charge in [0.25, 0.3) is 0 Å². The van der Waals surface area contributed by atoms with Crippen molar-refractivity contribution in [3.8, 4) is 11.8 Å². The van der Waals surface area contributed by atoms with Gasteiger partial charge < -0.3 is 19.7 Å². The second-order valence-corrected chi connectivity index (χ2v) is 3.68. The lowest BCUT2D eigenvalue weighted by Crippen LogP contribution is -2.30. The molecule has 6 heteroatoms. The summed E-state index contributed by atoms with van der Waals surface area (Å²) >= 11 is 0. The maximum atomic E-state index is 11.4. The number of benzene rings is 1. The summed E-state index contributed by atoms with van der Waals surface area (Å²) in [6, 6.07) is 6.41. The smallest absolute Gasteiger partial charge is 0.338 e. The monoisotopic (exact) mass is 265 g/mol. The number of esters is 1. The minimum atomic E-state index is -1.75. The fourth-order valence-corrected chi connectivity index (χ4v) is 1.61. The Bertz CT molecular complexity index is 494. The lowest BCUT2D eigenvalue weighted by atomic mass is 9.98. The molecule has 0 aliphatic carbocycles. The third kappa shape index (κ3) is 3.22. The van der Waals surface area contributed by atoms with Crippen molar-refractivity contribution in [1.82, 2.24) is 0 Å². The van der Waals surface area contributed by atoms with Gasteiger partial charge >= 0.3 is 5.97 Å². The molecule has 6 nitrogen and oxygen atoms in total. The number of ether oxygens (including phenoxy) is 2. The Labute approximate surface area is 110 Å². The summed E-state index contributed by atoms with van der Waals surface area (Å²) in [5.41, 5.74) is 0.184. The molecule has 2 N–H and O–H groups in total. The van der Waals surface area contributed by atoms with Crippen LogP contribution in [0.15, 0.2) is 18.2 Å². The highest BCUT2D eigenvalue weighted by molar-refractivity contribution is 5.75. The van der Waals surface area contributed by atoms with Crippen molar-refractivity contribution in [1.29, 1.82) is 5.26 Å². The maximum Gasteiger partial charge on any atom is 0.338 e. The van der Waals surface area contributed by atoms with Crippen molar-refractivity contribution in [2.24, 2.45) is 0 Å². The van der Waals surface area contributed by atoms with Crippen molar-refractivity contribution in [2.75, 3.05) is 13.7 Å². The normalized spacial score (nSPS) is 13.2. The molecular weight excluding hydrogens is 250 g/mol. The Morgan fingerprint density at radius 2 is 2.16 bits per heavy atom. The highest BCUT2D eigenvalue weighted by atomic mass is 16.5. The Hall–Kier alpha value is -2.10. The predicted molar refractivity (Wildman–Crippen MR) is 65.3 cm³/mol. The largest absolute Gasteiger partial charge is 0.495 e. The van der Waals surface area contributed by atoms with E-state index < -0.39 is 18.2 Å². The van der Waals surface area contributed by atoms with E-state index in [1.807, 2.05) is 6.07 Å². The van der Waals surface area contributed by atoms with Crippen molar-refractivity contribution in [2.45, 2.75) is 19.1 Å². The van der Waals surface area contributed by atoms with E-state index in [1.54, 1.807) is 19.1 Å². The van der Waals surface area contributed by atoms with E-state index in [4.69, 9.17) is 10.00 Å². The molecule has 0 bridgehead atoms. The molecule has 0 spiro atoms. The molecule has 0 aliphatic rings. The number of hydrogen-bond acceptors (Lipinski definition) is 6. The van der Waals surface area contributed by atoms with Crippen LogP contribution in [0.1, 0.15) is 24.2 Å². The number of nitrogens with zero attached hydrogens (tertiary/aromatic N) is 1. The predicted octanol–water partition coefficient (Wildman–Crippen LogP) is 0.524. The molecule has 0 saturated carbocycles. The third-order valence-electron chi connectivity index (χ3n) is 2.54. The minimum absolute atomic E-state index is 0.0702. The van der Waals surface area contributed by atoms with Crippen LogP contribution >= 0.6 is 0 Å². The number of aliphatic hydroxyl groups excluding tert-OH is 2. The van der Waals surface area contributed by atoms with Crippen molar-refractivity contribution in [3.05, 3.63) is 29.3 Å². The standard InChI is InChI=1S/C13H15NO5/c1-3-19-13(17)12(16)11(15)8-5-4-6-10(18-2)9(8)7-14/h4-6,11-12,15-16H,3H2,1-2H3. The first-order valence-corrected chi connectivity index (χ1v) is 5.66. The van der Waals surface area contributed by atoms with Gasteiger partial charge in [0.05, 0.1) is 19.3 Å². The second kappa shape index (κ2) is 6.73. The lowest BCUT2D eigenvalue weighted by molar-refractivity contribution is -0.159. The molecule has 1 rings (SSSR count). The highest BCUT2D eigenvalue weighted by Gasteiger charge is 2.29. The van der Waals surface area contributed by atoms with Crippen LogP contribution in [-0.4, -0.2) is 36.0 Å². The van der Waals surface area contributed by atoms with Crippen LogP contribution in [0, 0.1) is 11.3 Å². The van der Waals surface area contributed by atoms with Crippen LogP contribution in [0.25, 0.3) is 0 Å². The molecule has 0 aliphatic heterocycles. The Balaban J connectivity index is 3.09. The van der Waals surface area contributed by atoms with Crippen LogP contribution in [-0.2, 0) is 9.53 Å². The van der Waals surface area contributed by atoms with Crippen LogP contribution in [0.3, 0.4) is 0 Å². The molecule has 1 aromatic carbocycles. The molecule has 19 heavy (non-hydrogen) atoms. The summed E-state index contributed by atoms with van der Waals surface area (Å²) in [6.07, 6.45) is -3.30. The molecule has 0 heterocycles. The third-order valence-corrected chi connectivity index (χ3v) is 2.54. The van der Waals surface area contributed by atoms with Crippen LogP contribution in [0.4, 0.5) is 0 Å². The average molecular weight is 265 g/mol. The zero-order valence-corrected chi connectivity index (χ0v) is 10.7. The SMILES string of the molecule is CCOC(=O)C(O)C(O)c1cccc(OC)c1C#N. The number of methoxy groups -OCH3 is 1. The first-order valence-electron chi connectivity index (χ1n) is 5.66. The van der Waals surface area contributed by atoms with Gasteiger partial charge in [-0.1, -0.05) is 12.1 Å². The minimum Gasteiger partial charge on any atom is -0.495 e. The average Bonchev–Trinajstić information content (AvgIpc) is 2.44. The molecule has 102 valence electrons. The molecule has 0 saturated heterocycles. The number of hydrogen-bond donors (Lipinski definition) is 2. The maximum absolute atomic E-state index is 11.4. The molecule has 0 amide bonds. The first kappa shape index (κ1) is 15.0. The van der Waals surface area contributed by atoms with Gasteiger partial charge in [0.2, 0.25) is 0 Å².